The molecule has 1 aliphatic rings. The highest BCUT2D eigenvalue weighted by Gasteiger charge is 2.32. The Bertz CT molecular complexity index is 685. The van der Waals surface area contributed by atoms with E-state index in [0.717, 1.165) is 43.4 Å². The van der Waals surface area contributed by atoms with Gasteiger partial charge in [-0.3, -0.25) is 0 Å². The largest absolute Gasteiger partial charge is 0.416 e. The number of nitrogens with zero attached hydrogens (tertiary/aromatic N) is 3. The third-order valence-corrected chi connectivity index (χ3v) is 4.19. The normalized spacial score (nSPS) is 19.0. The lowest BCUT2D eigenvalue weighted by molar-refractivity contribution is -0.137. The van der Waals surface area contributed by atoms with Gasteiger partial charge in [0.05, 0.1) is 11.6 Å². The monoisotopic (exact) mass is 321 g/mol. The molecule has 23 heavy (non-hydrogen) atoms. The van der Waals surface area contributed by atoms with Crippen LogP contribution in [-0.2, 0) is 6.18 Å². The van der Waals surface area contributed by atoms with E-state index in [1.165, 1.54) is 18.5 Å². The van der Waals surface area contributed by atoms with Crippen LogP contribution in [0.5, 0.6) is 0 Å². The molecule has 1 aliphatic heterocycles. The zero-order chi connectivity index (χ0) is 16.4. The number of rotatable bonds is 2. The summed E-state index contributed by atoms with van der Waals surface area (Å²) < 4.78 is 38.9. The first-order valence-electron chi connectivity index (χ1n) is 7.67. The molecule has 1 unspecified atom stereocenters. The van der Waals surface area contributed by atoms with Crippen molar-refractivity contribution in [1.29, 1.82) is 0 Å². The Morgan fingerprint density at radius 3 is 2.70 bits per heavy atom. The van der Waals surface area contributed by atoms with Gasteiger partial charge in [-0.15, -0.1) is 0 Å². The molecule has 122 valence electrons. The maximum Gasteiger partial charge on any atom is 0.416 e. The average molecular weight is 321 g/mol. The molecule has 3 nitrogen and oxygen atoms in total. The summed E-state index contributed by atoms with van der Waals surface area (Å²) in [6.45, 7) is 2.67. The van der Waals surface area contributed by atoms with E-state index in [9.17, 15) is 13.2 Å². The Morgan fingerprint density at radius 2 is 1.96 bits per heavy atom. The zero-order valence-electron chi connectivity index (χ0n) is 12.8. The lowest BCUT2D eigenvalue weighted by atomic mass is 9.94. The van der Waals surface area contributed by atoms with Crippen molar-refractivity contribution in [1.82, 2.24) is 9.97 Å². The van der Waals surface area contributed by atoms with Gasteiger partial charge in [-0.2, -0.15) is 13.2 Å². The molecule has 0 radical (unpaired) electrons. The summed E-state index contributed by atoms with van der Waals surface area (Å²) in [5, 5.41) is 0. The fraction of sp³-hybridized carbons (Fsp3) is 0.412. The number of hydrogen-bond acceptors (Lipinski definition) is 3. The predicted octanol–water partition coefficient (Wildman–Crippen LogP) is 4.54. The number of aryl methyl sites for hydroxylation is 1. The maximum atomic E-state index is 13.0. The predicted molar refractivity (Wildman–Crippen MR) is 82.2 cm³/mol. The SMILES string of the molecule is Cc1cc(N2CCCCC2c2cccc(C(F)(F)F)c2)ncn1. The lowest BCUT2D eigenvalue weighted by Crippen LogP contribution is -2.34. The van der Waals surface area contributed by atoms with Crippen molar-refractivity contribution < 1.29 is 13.2 Å². The van der Waals surface area contributed by atoms with Crippen LogP contribution in [0, 0.1) is 6.92 Å². The van der Waals surface area contributed by atoms with Crippen molar-refractivity contribution in [2.45, 2.75) is 38.4 Å². The van der Waals surface area contributed by atoms with Gasteiger partial charge in [-0.1, -0.05) is 12.1 Å². The summed E-state index contributed by atoms with van der Waals surface area (Å²) >= 11 is 0. The van der Waals surface area contributed by atoms with Crippen molar-refractivity contribution in [3.8, 4) is 0 Å². The summed E-state index contributed by atoms with van der Waals surface area (Å²) in [7, 11) is 0. The summed E-state index contributed by atoms with van der Waals surface area (Å²) in [4.78, 5) is 10.5. The van der Waals surface area contributed by atoms with Crippen LogP contribution in [0.15, 0.2) is 36.7 Å². The van der Waals surface area contributed by atoms with Gasteiger partial charge in [-0.25, -0.2) is 9.97 Å². The Kier molecular flexibility index (Phi) is 4.24. The van der Waals surface area contributed by atoms with Crippen LogP contribution in [0.1, 0.15) is 42.1 Å². The number of halogens is 3. The van der Waals surface area contributed by atoms with Crippen LogP contribution in [0.2, 0.25) is 0 Å². The number of hydrogen-bond donors (Lipinski definition) is 0. The molecule has 0 aliphatic carbocycles. The second-order valence-corrected chi connectivity index (χ2v) is 5.85. The third kappa shape index (κ3) is 3.46. The summed E-state index contributed by atoms with van der Waals surface area (Å²) in [6.07, 6.45) is 0.0217. The molecule has 1 aromatic carbocycles. The Morgan fingerprint density at radius 1 is 1.13 bits per heavy atom. The van der Waals surface area contributed by atoms with Crippen molar-refractivity contribution in [3.05, 3.63) is 53.5 Å². The molecule has 2 aromatic rings. The van der Waals surface area contributed by atoms with E-state index >= 15 is 0 Å². The molecule has 2 heterocycles. The zero-order valence-corrected chi connectivity index (χ0v) is 12.8. The molecule has 6 heteroatoms. The lowest BCUT2D eigenvalue weighted by Gasteiger charge is -2.37. The Labute approximate surface area is 133 Å². The van der Waals surface area contributed by atoms with E-state index in [0.29, 0.717) is 5.56 Å². The molecule has 0 N–H and O–H groups in total. The van der Waals surface area contributed by atoms with Gasteiger partial charge in [0.1, 0.15) is 12.1 Å². The van der Waals surface area contributed by atoms with Gasteiger partial charge in [0.2, 0.25) is 0 Å². The van der Waals surface area contributed by atoms with Crippen LogP contribution in [-0.4, -0.2) is 16.5 Å². The summed E-state index contributed by atoms with van der Waals surface area (Å²) in [5.41, 5.74) is 0.943. The van der Waals surface area contributed by atoms with Gasteiger partial charge in [0.15, 0.2) is 0 Å². The number of alkyl halides is 3. The van der Waals surface area contributed by atoms with Gasteiger partial charge in [0, 0.05) is 18.3 Å². The van der Waals surface area contributed by atoms with E-state index in [4.69, 9.17) is 0 Å². The highest BCUT2D eigenvalue weighted by Crippen LogP contribution is 2.37. The van der Waals surface area contributed by atoms with Crippen LogP contribution in [0.4, 0.5) is 19.0 Å². The number of anilines is 1. The van der Waals surface area contributed by atoms with Gasteiger partial charge in [0.25, 0.3) is 0 Å². The minimum Gasteiger partial charge on any atom is -0.349 e. The molecule has 1 atom stereocenters. The molecule has 3 rings (SSSR count). The van der Waals surface area contributed by atoms with E-state index in [2.05, 4.69) is 14.9 Å². The first-order chi connectivity index (χ1) is 10.9. The third-order valence-electron chi connectivity index (χ3n) is 4.19. The van der Waals surface area contributed by atoms with Crippen LogP contribution in [0.25, 0.3) is 0 Å². The number of piperidine rings is 1. The molecule has 1 fully saturated rings. The molecule has 0 spiro atoms. The topological polar surface area (TPSA) is 29.0 Å². The van der Waals surface area contributed by atoms with E-state index < -0.39 is 11.7 Å². The number of benzene rings is 1. The molecule has 0 bridgehead atoms. The standard InChI is InChI=1S/C17H18F3N3/c1-12-9-16(22-11-21-12)23-8-3-2-7-15(23)13-5-4-6-14(10-13)17(18,19)20/h4-6,9-11,15H,2-3,7-8H2,1H3. The van der Waals surface area contributed by atoms with Crippen molar-refractivity contribution in [2.24, 2.45) is 0 Å². The first kappa shape index (κ1) is 15.8. The molecule has 1 saturated heterocycles. The minimum absolute atomic E-state index is 0.0830. The van der Waals surface area contributed by atoms with Gasteiger partial charge >= 0.3 is 6.18 Å². The van der Waals surface area contributed by atoms with E-state index in [1.807, 2.05) is 13.0 Å². The minimum atomic E-state index is -4.32. The Balaban J connectivity index is 1.96. The Hall–Kier alpha value is -2.11. The van der Waals surface area contributed by atoms with Crippen LogP contribution < -0.4 is 4.90 Å². The first-order valence-corrected chi connectivity index (χ1v) is 7.67. The second kappa shape index (κ2) is 6.18. The van der Waals surface area contributed by atoms with Gasteiger partial charge in [-0.05, 0) is 43.9 Å². The van der Waals surface area contributed by atoms with Gasteiger partial charge < -0.3 is 4.90 Å². The van der Waals surface area contributed by atoms with E-state index in [-0.39, 0.29) is 6.04 Å². The highest BCUT2D eigenvalue weighted by atomic mass is 19.4. The fourth-order valence-corrected chi connectivity index (χ4v) is 3.07. The van der Waals surface area contributed by atoms with Crippen LogP contribution >= 0.6 is 0 Å². The molecule has 0 amide bonds. The van der Waals surface area contributed by atoms with Crippen molar-refractivity contribution in [2.75, 3.05) is 11.4 Å². The highest BCUT2D eigenvalue weighted by molar-refractivity contribution is 5.44. The molecular weight excluding hydrogens is 303 g/mol. The summed E-state index contributed by atoms with van der Waals surface area (Å²) in [6, 6.07) is 7.43. The number of aromatic nitrogens is 2. The smallest absolute Gasteiger partial charge is 0.349 e. The average Bonchev–Trinajstić information content (AvgIpc) is 2.54. The van der Waals surface area contributed by atoms with Crippen molar-refractivity contribution in [3.63, 3.8) is 0 Å². The maximum absolute atomic E-state index is 13.0. The fourth-order valence-electron chi connectivity index (χ4n) is 3.07. The molecule has 1 aromatic heterocycles. The quantitative estimate of drug-likeness (QED) is 0.813. The van der Waals surface area contributed by atoms with Crippen molar-refractivity contribution >= 4 is 5.82 Å². The second-order valence-electron chi connectivity index (χ2n) is 5.85. The summed E-state index contributed by atoms with van der Waals surface area (Å²) in [5.74, 6) is 0.777. The molecule has 0 saturated carbocycles. The van der Waals surface area contributed by atoms with E-state index in [1.54, 1.807) is 6.07 Å². The molecular formula is C17H18F3N3. The van der Waals surface area contributed by atoms with Crippen LogP contribution in [0.3, 0.4) is 0 Å².